The minimum absolute atomic E-state index is 0.190. The molecule has 0 N–H and O–H groups in total. The zero-order valence-corrected chi connectivity index (χ0v) is 15.3. The summed E-state index contributed by atoms with van der Waals surface area (Å²) in [7, 11) is 0. The molecule has 0 spiro atoms. The standard InChI is InChI=1S/C22H24N4O/c27-22(26-16-14-25(15-17-26)21-10-4-5-11-23-21)20(24-12-6-7-13-24)18-19-8-2-1-3-9-19/h1-13,20H,14-18H2. The van der Waals surface area contributed by atoms with Gasteiger partial charge in [0.1, 0.15) is 11.9 Å². The van der Waals surface area contributed by atoms with Crippen molar-refractivity contribution in [2.75, 3.05) is 31.1 Å². The monoisotopic (exact) mass is 360 g/mol. The summed E-state index contributed by atoms with van der Waals surface area (Å²) in [5.74, 6) is 1.17. The van der Waals surface area contributed by atoms with Gasteiger partial charge in [-0.1, -0.05) is 36.4 Å². The molecule has 1 aromatic carbocycles. The number of piperazine rings is 1. The first-order valence-electron chi connectivity index (χ1n) is 9.42. The molecule has 1 aliphatic rings. The van der Waals surface area contributed by atoms with Gasteiger partial charge >= 0.3 is 0 Å². The van der Waals surface area contributed by atoms with E-state index in [9.17, 15) is 4.79 Å². The maximum absolute atomic E-state index is 13.3. The van der Waals surface area contributed by atoms with E-state index >= 15 is 0 Å². The predicted molar refractivity (Wildman–Crippen MR) is 107 cm³/mol. The zero-order chi connectivity index (χ0) is 18.5. The molecule has 1 amide bonds. The number of hydrogen-bond acceptors (Lipinski definition) is 3. The molecule has 2 aromatic heterocycles. The van der Waals surface area contributed by atoms with Gasteiger partial charge in [-0.15, -0.1) is 0 Å². The number of nitrogens with zero attached hydrogens (tertiary/aromatic N) is 4. The molecule has 4 rings (SSSR count). The average Bonchev–Trinajstić information content (AvgIpc) is 3.28. The molecule has 1 fully saturated rings. The van der Waals surface area contributed by atoms with Crippen molar-refractivity contribution in [2.24, 2.45) is 0 Å². The van der Waals surface area contributed by atoms with Gasteiger partial charge in [0.15, 0.2) is 0 Å². The Morgan fingerprint density at radius 1 is 0.889 bits per heavy atom. The van der Waals surface area contributed by atoms with Crippen LogP contribution in [0, 0.1) is 0 Å². The van der Waals surface area contributed by atoms with Crippen LogP contribution in [0.25, 0.3) is 0 Å². The second kappa shape index (κ2) is 8.08. The van der Waals surface area contributed by atoms with Crippen molar-refractivity contribution < 1.29 is 4.79 Å². The largest absolute Gasteiger partial charge is 0.353 e. The summed E-state index contributed by atoms with van der Waals surface area (Å²) >= 11 is 0. The molecule has 1 atom stereocenters. The van der Waals surface area contributed by atoms with Gasteiger partial charge < -0.3 is 14.4 Å². The molecule has 1 aliphatic heterocycles. The van der Waals surface area contributed by atoms with Gasteiger partial charge in [-0.3, -0.25) is 4.79 Å². The highest BCUT2D eigenvalue weighted by Crippen LogP contribution is 2.20. The van der Waals surface area contributed by atoms with Crippen LogP contribution in [0.4, 0.5) is 5.82 Å². The number of hydrogen-bond donors (Lipinski definition) is 0. The summed E-state index contributed by atoms with van der Waals surface area (Å²) in [6, 6.07) is 19.9. The Labute approximate surface area is 159 Å². The third kappa shape index (κ3) is 4.03. The Morgan fingerprint density at radius 2 is 1.59 bits per heavy atom. The molecular formula is C22H24N4O. The van der Waals surface area contributed by atoms with Gasteiger partial charge in [0, 0.05) is 51.2 Å². The maximum atomic E-state index is 13.3. The highest BCUT2D eigenvalue weighted by molar-refractivity contribution is 5.81. The fraction of sp³-hybridized carbons (Fsp3) is 0.273. The first-order chi connectivity index (χ1) is 13.3. The van der Waals surface area contributed by atoms with Crippen molar-refractivity contribution in [3.8, 4) is 0 Å². The summed E-state index contributed by atoms with van der Waals surface area (Å²) in [4.78, 5) is 22.0. The van der Waals surface area contributed by atoms with Crippen LogP contribution in [0.3, 0.4) is 0 Å². The van der Waals surface area contributed by atoms with Crippen LogP contribution in [0.2, 0.25) is 0 Å². The van der Waals surface area contributed by atoms with Crippen molar-refractivity contribution in [3.05, 3.63) is 84.8 Å². The van der Waals surface area contributed by atoms with E-state index in [1.54, 1.807) is 0 Å². The van der Waals surface area contributed by atoms with E-state index in [1.165, 1.54) is 5.56 Å². The highest BCUT2D eigenvalue weighted by atomic mass is 16.2. The van der Waals surface area contributed by atoms with E-state index in [1.807, 2.05) is 76.6 Å². The minimum atomic E-state index is -0.205. The number of carbonyl (C=O) groups excluding carboxylic acids is 1. The van der Waals surface area contributed by atoms with Crippen molar-refractivity contribution in [1.82, 2.24) is 14.5 Å². The number of amides is 1. The molecule has 5 nitrogen and oxygen atoms in total. The lowest BCUT2D eigenvalue weighted by molar-refractivity contribution is -0.135. The van der Waals surface area contributed by atoms with E-state index < -0.39 is 0 Å². The molecule has 1 saturated heterocycles. The lowest BCUT2D eigenvalue weighted by Crippen LogP contribution is -2.51. The second-order valence-electron chi connectivity index (χ2n) is 6.84. The zero-order valence-electron chi connectivity index (χ0n) is 15.3. The molecule has 0 bridgehead atoms. The van der Waals surface area contributed by atoms with Crippen LogP contribution in [0.15, 0.2) is 79.3 Å². The molecular weight excluding hydrogens is 336 g/mol. The molecule has 27 heavy (non-hydrogen) atoms. The van der Waals surface area contributed by atoms with Crippen molar-refractivity contribution in [3.63, 3.8) is 0 Å². The first kappa shape index (κ1) is 17.3. The van der Waals surface area contributed by atoms with Crippen molar-refractivity contribution in [1.29, 1.82) is 0 Å². The molecule has 0 radical (unpaired) electrons. The molecule has 5 heteroatoms. The smallest absolute Gasteiger partial charge is 0.246 e. The maximum Gasteiger partial charge on any atom is 0.246 e. The number of rotatable bonds is 5. The Kier molecular flexibility index (Phi) is 5.19. The Balaban J connectivity index is 1.46. The SMILES string of the molecule is O=C(C(Cc1ccccc1)n1cccc1)N1CCN(c2ccccn2)CC1. The lowest BCUT2D eigenvalue weighted by atomic mass is 10.0. The van der Waals surface area contributed by atoms with E-state index in [-0.39, 0.29) is 11.9 Å². The highest BCUT2D eigenvalue weighted by Gasteiger charge is 2.28. The predicted octanol–water partition coefficient (Wildman–Crippen LogP) is 3.02. The number of anilines is 1. The number of carbonyl (C=O) groups is 1. The van der Waals surface area contributed by atoms with Gasteiger partial charge in [0.25, 0.3) is 0 Å². The van der Waals surface area contributed by atoms with Gasteiger partial charge in [0.2, 0.25) is 5.91 Å². The minimum Gasteiger partial charge on any atom is -0.353 e. The molecule has 3 aromatic rings. The summed E-state index contributed by atoms with van der Waals surface area (Å²) in [5, 5.41) is 0. The summed E-state index contributed by atoms with van der Waals surface area (Å²) < 4.78 is 2.03. The molecule has 0 saturated carbocycles. The van der Waals surface area contributed by atoms with Crippen LogP contribution in [-0.4, -0.2) is 46.5 Å². The number of pyridine rings is 1. The summed E-state index contributed by atoms with van der Waals surface area (Å²) in [6.07, 6.45) is 6.48. The topological polar surface area (TPSA) is 41.4 Å². The first-order valence-corrected chi connectivity index (χ1v) is 9.42. The normalized spacial score (nSPS) is 15.6. The van der Waals surface area contributed by atoms with Gasteiger partial charge in [0.05, 0.1) is 0 Å². The van der Waals surface area contributed by atoms with Crippen molar-refractivity contribution in [2.45, 2.75) is 12.5 Å². The van der Waals surface area contributed by atoms with Crippen LogP contribution in [0.5, 0.6) is 0 Å². The van der Waals surface area contributed by atoms with Crippen LogP contribution in [0.1, 0.15) is 11.6 Å². The molecule has 138 valence electrons. The van der Waals surface area contributed by atoms with E-state index in [0.29, 0.717) is 6.42 Å². The van der Waals surface area contributed by atoms with E-state index in [4.69, 9.17) is 0 Å². The van der Waals surface area contributed by atoms with Crippen LogP contribution >= 0.6 is 0 Å². The molecule has 0 aliphatic carbocycles. The van der Waals surface area contributed by atoms with E-state index in [2.05, 4.69) is 22.0 Å². The Morgan fingerprint density at radius 3 is 2.26 bits per heavy atom. The Hall–Kier alpha value is -3.08. The molecule has 1 unspecified atom stereocenters. The Bertz CT molecular complexity index is 841. The van der Waals surface area contributed by atoms with Gasteiger partial charge in [-0.05, 0) is 29.8 Å². The third-order valence-corrected chi connectivity index (χ3v) is 5.11. The molecule has 3 heterocycles. The summed E-state index contributed by atoms with van der Waals surface area (Å²) in [5.41, 5.74) is 1.18. The fourth-order valence-corrected chi connectivity index (χ4v) is 3.62. The van der Waals surface area contributed by atoms with Crippen molar-refractivity contribution >= 4 is 11.7 Å². The quantitative estimate of drug-likeness (QED) is 0.702. The van der Waals surface area contributed by atoms with Gasteiger partial charge in [-0.2, -0.15) is 0 Å². The van der Waals surface area contributed by atoms with Gasteiger partial charge in [-0.25, -0.2) is 4.98 Å². The lowest BCUT2D eigenvalue weighted by Gasteiger charge is -2.37. The second-order valence-corrected chi connectivity index (χ2v) is 6.84. The third-order valence-electron chi connectivity index (χ3n) is 5.11. The summed E-state index contributed by atoms with van der Waals surface area (Å²) in [6.45, 7) is 3.07. The number of aromatic nitrogens is 2. The van der Waals surface area contributed by atoms with Crippen LogP contribution < -0.4 is 4.90 Å². The van der Waals surface area contributed by atoms with Crippen LogP contribution in [-0.2, 0) is 11.2 Å². The average molecular weight is 360 g/mol. The fourth-order valence-electron chi connectivity index (χ4n) is 3.62. The number of benzene rings is 1. The van der Waals surface area contributed by atoms with E-state index in [0.717, 1.165) is 32.0 Å².